The molecule has 1 aromatic carbocycles. The summed E-state index contributed by atoms with van der Waals surface area (Å²) in [6, 6.07) is 5.43. The van der Waals surface area contributed by atoms with Crippen LogP contribution in [0.4, 0.5) is 4.39 Å². The Kier molecular flexibility index (Phi) is 7.30. The first-order chi connectivity index (χ1) is 10.1. The Morgan fingerprint density at radius 2 is 2.18 bits per heavy atom. The highest BCUT2D eigenvalue weighted by atomic mass is 127. The molecule has 1 aromatic heterocycles. The second kappa shape index (κ2) is 8.72. The van der Waals surface area contributed by atoms with Crippen LogP contribution in [0.1, 0.15) is 19.4 Å². The lowest BCUT2D eigenvalue weighted by Gasteiger charge is -2.14. The van der Waals surface area contributed by atoms with Crippen molar-refractivity contribution in [2.45, 2.75) is 26.4 Å². The third-order valence-corrected chi connectivity index (χ3v) is 2.90. The highest BCUT2D eigenvalue weighted by Gasteiger charge is 2.06. The first-order valence-electron chi connectivity index (χ1n) is 6.84. The third-order valence-electron chi connectivity index (χ3n) is 2.90. The molecule has 0 atom stereocenters. The Morgan fingerprint density at radius 3 is 2.73 bits per heavy atom. The minimum atomic E-state index is -0.279. The molecule has 1 heterocycles. The Bertz CT molecular complexity index is 610. The van der Waals surface area contributed by atoms with Crippen LogP contribution in [0.5, 0.6) is 0 Å². The van der Waals surface area contributed by atoms with Crippen molar-refractivity contribution in [3.8, 4) is 5.69 Å². The van der Waals surface area contributed by atoms with E-state index in [1.807, 2.05) is 19.9 Å². The largest absolute Gasteiger partial charge is 0.354 e. The summed E-state index contributed by atoms with van der Waals surface area (Å²) in [7, 11) is 1.71. The molecule has 7 heteroatoms. The van der Waals surface area contributed by atoms with Crippen LogP contribution in [0.2, 0.25) is 0 Å². The normalized spacial score (nSPS) is 11.2. The summed E-state index contributed by atoms with van der Waals surface area (Å²) in [5.74, 6) is 0.420. The highest BCUT2D eigenvalue weighted by molar-refractivity contribution is 14.0. The van der Waals surface area contributed by atoms with Crippen LogP contribution >= 0.6 is 24.0 Å². The smallest absolute Gasteiger partial charge is 0.191 e. The van der Waals surface area contributed by atoms with E-state index < -0.39 is 0 Å². The van der Waals surface area contributed by atoms with E-state index in [0.717, 1.165) is 5.56 Å². The van der Waals surface area contributed by atoms with Crippen molar-refractivity contribution in [1.82, 2.24) is 20.2 Å². The molecule has 0 aliphatic carbocycles. The van der Waals surface area contributed by atoms with Crippen LogP contribution in [0.25, 0.3) is 5.69 Å². The van der Waals surface area contributed by atoms with Gasteiger partial charge in [0, 0.05) is 32.0 Å². The van der Waals surface area contributed by atoms with Crippen molar-refractivity contribution in [3.05, 3.63) is 48.3 Å². The molecular weight excluding hydrogens is 396 g/mol. The number of nitrogens with one attached hydrogen (secondary N) is 2. The second-order valence-electron chi connectivity index (χ2n) is 4.98. The van der Waals surface area contributed by atoms with E-state index in [1.54, 1.807) is 36.4 Å². The van der Waals surface area contributed by atoms with Gasteiger partial charge in [0.2, 0.25) is 0 Å². The molecule has 5 nitrogen and oxygen atoms in total. The number of hydrogen-bond acceptors (Lipinski definition) is 2. The maximum atomic E-state index is 14.1. The molecule has 0 fully saturated rings. The topological polar surface area (TPSA) is 54.2 Å². The molecule has 0 unspecified atom stereocenters. The van der Waals surface area contributed by atoms with Gasteiger partial charge >= 0.3 is 0 Å². The van der Waals surface area contributed by atoms with Crippen molar-refractivity contribution < 1.29 is 4.39 Å². The quantitative estimate of drug-likeness (QED) is 0.457. The molecule has 2 aromatic rings. The number of rotatable bonds is 4. The molecular formula is C15H21FIN5. The van der Waals surface area contributed by atoms with Crippen molar-refractivity contribution >= 4 is 29.9 Å². The van der Waals surface area contributed by atoms with Gasteiger partial charge in [-0.15, -0.1) is 24.0 Å². The number of halogens is 2. The van der Waals surface area contributed by atoms with Gasteiger partial charge in [0.05, 0.1) is 12.0 Å². The van der Waals surface area contributed by atoms with Gasteiger partial charge in [0.15, 0.2) is 5.96 Å². The van der Waals surface area contributed by atoms with E-state index in [-0.39, 0.29) is 35.8 Å². The van der Waals surface area contributed by atoms with Crippen LogP contribution in [-0.4, -0.2) is 28.6 Å². The van der Waals surface area contributed by atoms with Crippen LogP contribution < -0.4 is 10.6 Å². The second-order valence-corrected chi connectivity index (χ2v) is 4.98. The summed E-state index contributed by atoms with van der Waals surface area (Å²) >= 11 is 0. The lowest BCUT2D eigenvalue weighted by molar-refractivity contribution is 0.614. The molecule has 0 aliphatic rings. The lowest BCUT2D eigenvalue weighted by atomic mass is 10.2. The summed E-state index contributed by atoms with van der Waals surface area (Å²) in [5, 5.41) is 6.33. The number of aliphatic imine (C=N–C) groups is 1. The zero-order chi connectivity index (χ0) is 15.2. The molecule has 0 saturated heterocycles. The number of hydrogen-bond donors (Lipinski definition) is 2. The molecule has 120 valence electrons. The van der Waals surface area contributed by atoms with Crippen molar-refractivity contribution in [2.24, 2.45) is 4.99 Å². The van der Waals surface area contributed by atoms with Crippen molar-refractivity contribution in [3.63, 3.8) is 0 Å². The average molecular weight is 417 g/mol. The fourth-order valence-electron chi connectivity index (χ4n) is 1.93. The molecule has 0 amide bonds. The van der Waals surface area contributed by atoms with E-state index in [1.165, 1.54) is 6.07 Å². The van der Waals surface area contributed by atoms with E-state index in [9.17, 15) is 4.39 Å². The van der Waals surface area contributed by atoms with Gasteiger partial charge in [0.25, 0.3) is 0 Å². The molecule has 2 N–H and O–H groups in total. The summed E-state index contributed by atoms with van der Waals surface area (Å²) in [5.41, 5.74) is 1.34. The van der Waals surface area contributed by atoms with E-state index in [4.69, 9.17) is 0 Å². The van der Waals surface area contributed by atoms with Gasteiger partial charge in [-0.2, -0.15) is 0 Å². The zero-order valence-electron chi connectivity index (χ0n) is 12.9. The van der Waals surface area contributed by atoms with E-state index in [2.05, 4.69) is 20.6 Å². The lowest BCUT2D eigenvalue weighted by Crippen LogP contribution is -2.40. The fourth-order valence-corrected chi connectivity index (χ4v) is 1.93. The average Bonchev–Trinajstić information content (AvgIpc) is 2.97. The Morgan fingerprint density at radius 1 is 1.41 bits per heavy atom. The SMILES string of the molecule is CN=C(NCc1ccc(-n2ccnc2)c(F)c1)NC(C)C.I. The molecule has 0 bridgehead atoms. The van der Waals surface area contributed by atoms with Crippen LogP contribution in [-0.2, 0) is 6.54 Å². The molecule has 22 heavy (non-hydrogen) atoms. The number of aromatic nitrogens is 2. The van der Waals surface area contributed by atoms with E-state index >= 15 is 0 Å². The first kappa shape index (κ1) is 18.4. The van der Waals surface area contributed by atoms with Gasteiger partial charge < -0.3 is 15.2 Å². The minimum absolute atomic E-state index is 0. The highest BCUT2D eigenvalue weighted by Crippen LogP contribution is 2.14. The molecule has 0 spiro atoms. The van der Waals surface area contributed by atoms with E-state index in [0.29, 0.717) is 18.2 Å². The zero-order valence-corrected chi connectivity index (χ0v) is 15.2. The number of nitrogens with zero attached hydrogens (tertiary/aromatic N) is 3. The molecule has 0 aliphatic heterocycles. The van der Waals surface area contributed by atoms with Gasteiger partial charge in [-0.25, -0.2) is 9.37 Å². The fraction of sp³-hybridized carbons (Fsp3) is 0.333. The minimum Gasteiger partial charge on any atom is -0.354 e. The third kappa shape index (κ3) is 4.97. The predicted octanol–water partition coefficient (Wildman–Crippen LogP) is 2.70. The van der Waals surface area contributed by atoms with Crippen LogP contribution in [0.15, 0.2) is 41.9 Å². The van der Waals surface area contributed by atoms with Gasteiger partial charge in [-0.1, -0.05) is 6.07 Å². The van der Waals surface area contributed by atoms with Crippen molar-refractivity contribution in [1.29, 1.82) is 0 Å². The van der Waals surface area contributed by atoms with Gasteiger partial charge in [-0.05, 0) is 31.5 Å². The number of benzene rings is 1. The maximum Gasteiger partial charge on any atom is 0.191 e. The Balaban J connectivity index is 0.00000242. The molecule has 0 radical (unpaired) electrons. The summed E-state index contributed by atoms with van der Waals surface area (Å²) < 4.78 is 15.8. The van der Waals surface area contributed by atoms with Crippen molar-refractivity contribution in [2.75, 3.05) is 7.05 Å². The van der Waals surface area contributed by atoms with Crippen LogP contribution in [0.3, 0.4) is 0 Å². The maximum absolute atomic E-state index is 14.1. The standard InChI is InChI=1S/C15H20FN5.HI/c1-11(2)20-15(17-3)19-9-12-4-5-14(13(16)8-12)21-7-6-18-10-21;/h4-8,10-11H,9H2,1-3H3,(H2,17,19,20);1H. The monoisotopic (exact) mass is 417 g/mol. The van der Waals surface area contributed by atoms with Crippen LogP contribution in [0, 0.1) is 5.82 Å². The predicted molar refractivity (Wildman–Crippen MR) is 97.4 cm³/mol. The number of guanidine groups is 1. The first-order valence-corrected chi connectivity index (χ1v) is 6.84. The molecule has 2 rings (SSSR count). The summed E-state index contributed by atoms with van der Waals surface area (Å²) in [4.78, 5) is 8.03. The Hall–Kier alpha value is -1.64. The van der Waals surface area contributed by atoms with Gasteiger partial charge in [0.1, 0.15) is 5.82 Å². The summed E-state index contributed by atoms with van der Waals surface area (Å²) in [6.07, 6.45) is 4.91. The number of imidazole rings is 1. The molecule has 0 saturated carbocycles. The Labute approximate surface area is 147 Å². The summed E-state index contributed by atoms with van der Waals surface area (Å²) in [6.45, 7) is 4.58. The van der Waals surface area contributed by atoms with Gasteiger partial charge in [-0.3, -0.25) is 4.99 Å².